The molecule has 22 heavy (non-hydrogen) atoms. The highest BCUT2D eigenvalue weighted by Crippen LogP contribution is 2.23. The molecule has 1 aliphatic heterocycles. The van der Waals surface area contributed by atoms with E-state index in [2.05, 4.69) is 10.2 Å². The van der Waals surface area contributed by atoms with Crippen molar-refractivity contribution in [2.24, 2.45) is 5.92 Å². The van der Waals surface area contributed by atoms with Gasteiger partial charge < -0.3 is 15.3 Å². The average molecular weight is 304 g/mol. The van der Waals surface area contributed by atoms with Crippen LogP contribution in [0.4, 0.5) is 5.69 Å². The van der Waals surface area contributed by atoms with E-state index in [0.29, 0.717) is 6.54 Å². The van der Waals surface area contributed by atoms with E-state index in [9.17, 15) is 9.90 Å². The Bertz CT molecular complexity index is 463. The number of rotatable bonds is 6. The number of piperidine rings is 1. The van der Waals surface area contributed by atoms with Crippen molar-refractivity contribution < 1.29 is 9.90 Å². The number of β-amino-alcohol motifs (C(OH)–C–C–N with tert-alkyl or cyclic N) is 1. The lowest BCUT2D eigenvalue weighted by molar-refractivity contribution is -0.121. The minimum absolute atomic E-state index is 0.0767. The minimum atomic E-state index is -0.584. The molecule has 0 atom stereocenters. The minimum Gasteiger partial charge on any atom is -0.389 e. The summed E-state index contributed by atoms with van der Waals surface area (Å²) in [4.78, 5) is 14.6. The molecule has 0 saturated carbocycles. The number of likely N-dealkylation sites (tertiary alicyclic amines) is 1. The Balaban J connectivity index is 1.80. The fourth-order valence-corrected chi connectivity index (χ4v) is 3.01. The van der Waals surface area contributed by atoms with Crippen molar-refractivity contribution in [3.63, 3.8) is 0 Å². The van der Waals surface area contributed by atoms with E-state index in [0.717, 1.165) is 44.5 Å². The number of nitrogens with zero attached hydrogens (tertiary/aromatic N) is 1. The molecule has 122 valence electrons. The lowest BCUT2D eigenvalue weighted by Crippen LogP contribution is -2.46. The summed E-state index contributed by atoms with van der Waals surface area (Å²) < 4.78 is 0. The molecule has 0 radical (unpaired) electrons. The molecule has 1 aromatic rings. The number of carbonyl (C=O) groups is 1. The van der Waals surface area contributed by atoms with Crippen molar-refractivity contribution in [3.05, 3.63) is 30.3 Å². The normalized spacial score (nSPS) is 17.4. The first-order valence-corrected chi connectivity index (χ1v) is 8.37. The first-order valence-electron chi connectivity index (χ1n) is 8.37. The summed E-state index contributed by atoms with van der Waals surface area (Å²) in [6, 6.07) is 9.62. The Morgan fingerprint density at radius 3 is 2.36 bits per heavy atom. The van der Waals surface area contributed by atoms with E-state index in [1.165, 1.54) is 0 Å². The maximum Gasteiger partial charge on any atom is 0.227 e. The van der Waals surface area contributed by atoms with Crippen LogP contribution in [0.3, 0.4) is 0 Å². The molecule has 0 aromatic heterocycles. The van der Waals surface area contributed by atoms with Gasteiger partial charge in [0.05, 0.1) is 5.60 Å². The van der Waals surface area contributed by atoms with Gasteiger partial charge in [-0.15, -0.1) is 0 Å². The molecule has 0 aliphatic carbocycles. The molecular weight excluding hydrogens is 276 g/mol. The van der Waals surface area contributed by atoms with Gasteiger partial charge in [0.15, 0.2) is 0 Å². The van der Waals surface area contributed by atoms with Crippen LogP contribution in [0, 0.1) is 5.92 Å². The maximum atomic E-state index is 12.3. The summed E-state index contributed by atoms with van der Waals surface area (Å²) in [6.07, 6.45) is 3.28. The molecule has 0 spiro atoms. The number of benzene rings is 1. The van der Waals surface area contributed by atoms with E-state index in [1.54, 1.807) is 0 Å². The molecule has 1 aliphatic rings. The highest BCUT2D eigenvalue weighted by molar-refractivity contribution is 5.92. The fraction of sp³-hybridized carbons (Fsp3) is 0.611. The Hall–Kier alpha value is -1.39. The van der Waals surface area contributed by atoms with E-state index in [1.807, 2.05) is 44.2 Å². The van der Waals surface area contributed by atoms with Gasteiger partial charge in [-0.1, -0.05) is 32.0 Å². The number of hydrogen-bond acceptors (Lipinski definition) is 3. The van der Waals surface area contributed by atoms with Crippen LogP contribution >= 0.6 is 0 Å². The van der Waals surface area contributed by atoms with Crippen LogP contribution in [0.1, 0.15) is 39.5 Å². The van der Waals surface area contributed by atoms with Crippen LogP contribution in [-0.4, -0.2) is 41.1 Å². The monoisotopic (exact) mass is 304 g/mol. The zero-order chi connectivity index (χ0) is 16.0. The third-order valence-electron chi connectivity index (χ3n) is 4.83. The van der Waals surface area contributed by atoms with Crippen molar-refractivity contribution in [2.75, 3.05) is 25.0 Å². The molecule has 1 fully saturated rings. The van der Waals surface area contributed by atoms with E-state index < -0.39 is 5.60 Å². The van der Waals surface area contributed by atoms with E-state index in [-0.39, 0.29) is 11.8 Å². The summed E-state index contributed by atoms with van der Waals surface area (Å²) in [5, 5.41) is 13.4. The molecule has 0 bridgehead atoms. The first-order chi connectivity index (χ1) is 10.6. The number of amides is 1. The molecule has 1 heterocycles. The number of hydrogen-bond donors (Lipinski definition) is 2. The SMILES string of the molecule is CCC(O)(CC)CN1CCC(C(=O)Nc2ccccc2)CC1. The maximum absolute atomic E-state index is 12.3. The molecule has 1 saturated heterocycles. The lowest BCUT2D eigenvalue weighted by Gasteiger charge is -2.37. The molecule has 2 rings (SSSR count). The first kappa shape index (κ1) is 17.0. The third-order valence-corrected chi connectivity index (χ3v) is 4.83. The number of para-hydroxylation sites is 1. The zero-order valence-electron chi connectivity index (χ0n) is 13.7. The van der Waals surface area contributed by atoms with Gasteiger partial charge in [0.1, 0.15) is 0 Å². The van der Waals surface area contributed by atoms with Crippen LogP contribution in [0.15, 0.2) is 30.3 Å². The molecule has 2 N–H and O–H groups in total. The largest absolute Gasteiger partial charge is 0.389 e. The van der Waals surface area contributed by atoms with Gasteiger partial charge >= 0.3 is 0 Å². The second-order valence-electron chi connectivity index (χ2n) is 6.34. The molecule has 1 amide bonds. The zero-order valence-corrected chi connectivity index (χ0v) is 13.7. The Morgan fingerprint density at radius 2 is 1.82 bits per heavy atom. The second-order valence-corrected chi connectivity index (χ2v) is 6.34. The quantitative estimate of drug-likeness (QED) is 0.849. The number of aliphatic hydroxyl groups is 1. The van der Waals surface area contributed by atoms with Crippen molar-refractivity contribution in [2.45, 2.75) is 45.1 Å². The molecule has 0 unspecified atom stereocenters. The standard InChI is InChI=1S/C18H28N2O2/c1-3-18(22,4-2)14-20-12-10-15(11-13-20)17(21)19-16-8-6-5-7-9-16/h5-9,15,22H,3-4,10-14H2,1-2H3,(H,19,21). The van der Waals surface area contributed by atoms with Gasteiger partial charge in [-0.05, 0) is 50.9 Å². The Morgan fingerprint density at radius 1 is 1.23 bits per heavy atom. The van der Waals surface area contributed by atoms with Crippen LogP contribution in [0.5, 0.6) is 0 Å². The molecule has 4 nitrogen and oxygen atoms in total. The third kappa shape index (κ3) is 4.55. The van der Waals surface area contributed by atoms with Crippen LogP contribution in [0.2, 0.25) is 0 Å². The number of carbonyl (C=O) groups excluding carboxylic acids is 1. The molecular formula is C18H28N2O2. The van der Waals surface area contributed by atoms with E-state index in [4.69, 9.17) is 0 Å². The lowest BCUT2D eigenvalue weighted by atomic mass is 9.92. The molecule has 4 heteroatoms. The average Bonchev–Trinajstić information content (AvgIpc) is 2.56. The van der Waals surface area contributed by atoms with Crippen LogP contribution in [0.25, 0.3) is 0 Å². The van der Waals surface area contributed by atoms with Gasteiger partial charge in [-0.3, -0.25) is 4.79 Å². The van der Waals surface area contributed by atoms with Crippen LogP contribution in [-0.2, 0) is 4.79 Å². The predicted molar refractivity (Wildman–Crippen MR) is 89.8 cm³/mol. The number of nitrogens with one attached hydrogen (secondary N) is 1. The van der Waals surface area contributed by atoms with Crippen molar-refractivity contribution >= 4 is 11.6 Å². The van der Waals surface area contributed by atoms with Gasteiger partial charge in [-0.25, -0.2) is 0 Å². The van der Waals surface area contributed by atoms with Gasteiger partial charge in [0.25, 0.3) is 0 Å². The van der Waals surface area contributed by atoms with Gasteiger partial charge in [0.2, 0.25) is 5.91 Å². The highest BCUT2D eigenvalue weighted by atomic mass is 16.3. The Kier molecular flexibility index (Phi) is 5.98. The van der Waals surface area contributed by atoms with Crippen molar-refractivity contribution in [1.82, 2.24) is 4.90 Å². The summed E-state index contributed by atoms with van der Waals surface area (Å²) in [5.74, 6) is 0.194. The summed E-state index contributed by atoms with van der Waals surface area (Å²) >= 11 is 0. The topological polar surface area (TPSA) is 52.6 Å². The summed E-state index contributed by atoms with van der Waals surface area (Å²) in [6.45, 7) is 6.55. The van der Waals surface area contributed by atoms with Gasteiger partial charge in [0, 0.05) is 18.2 Å². The van der Waals surface area contributed by atoms with Crippen molar-refractivity contribution in [1.29, 1.82) is 0 Å². The van der Waals surface area contributed by atoms with Crippen molar-refractivity contribution in [3.8, 4) is 0 Å². The summed E-state index contributed by atoms with van der Waals surface area (Å²) in [5.41, 5.74) is 0.278. The fourth-order valence-electron chi connectivity index (χ4n) is 3.01. The Labute approximate surface area is 133 Å². The number of anilines is 1. The van der Waals surface area contributed by atoms with Gasteiger partial charge in [-0.2, -0.15) is 0 Å². The smallest absolute Gasteiger partial charge is 0.227 e. The second kappa shape index (κ2) is 7.75. The highest BCUT2D eigenvalue weighted by Gasteiger charge is 2.30. The predicted octanol–water partition coefficient (Wildman–Crippen LogP) is 2.89. The summed E-state index contributed by atoms with van der Waals surface area (Å²) in [7, 11) is 0. The molecule has 1 aromatic carbocycles. The van der Waals surface area contributed by atoms with E-state index >= 15 is 0 Å². The van der Waals surface area contributed by atoms with Crippen LogP contribution < -0.4 is 5.32 Å².